The van der Waals surface area contributed by atoms with Crippen LogP contribution in [-0.2, 0) is 19.1 Å². The minimum absolute atomic E-state index is 0.0788. The number of carboxylic acids is 1. The van der Waals surface area contributed by atoms with Crippen molar-refractivity contribution in [3.8, 4) is 0 Å². The number of ether oxygens (including phenoxy) is 1. The molecule has 2 amide bonds. The van der Waals surface area contributed by atoms with Crippen molar-refractivity contribution >= 4 is 23.5 Å². The predicted molar refractivity (Wildman–Crippen MR) is 75.9 cm³/mol. The molecule has 0 saturated heterocycles. The average Bonchev–Trinajstić information content (AvgIpc) is 2.45. The molecule has 1 aromatic carbocycles. The van der Waals surface area contributed by atoms with E-state index in [-0.39, 0.29) is 13.0 Å². The zero-order chi connectivity index (χ0) is 15.8. The molecule has 0 saturated carbocycles. The van der Waals surface area contributed by atoms with E-state index in [4.69, 9.17) is 9.84 Å². The molecule has 0 bridgehead atoms. The Morgan fingerprint density at radius 1 is 1.19 bits per heavy atom. The monoisotopic (exact) mass is 294 g/mol. The lowest BCUT2D eigenvalue weighted by atomic mass is 10.2. The van der Waals surface area contributed by atoms with Gasteiger partial charge in [-0.1, -0.05) is 17.7 Å². The summed E-state index contributed by atoms with van der Waals surface area (Å²) in [5.74, 6) is -3.13. The van der Waals surface area contributed by atoms with Crippen molar-refractivity contribution in [1.82, 2.24) is 5.32 Å². The molecule has 0 heterocycles. The highest BCUT2D eigenvalue weighted by Crippen LogP contribution is 2.08. The summed E-state index contributed by atoms with van der Waals surface area (Å²) in [6.07, 6.45) is 0.0788. The van der Waals surface area contributed by atoms with Crippen molar-refractivity contribution in [1.29, 1.82) is 0 Å². The quantitative estimate of drug-likeness (QED) is 0.664. The van der Waals surface area contributed by atoms with E-state index >= 15 is 0 Å². The zero-order valence-corrected chi connectivity index (χ0v) is 11.9. The standard InChI is InChI=1S/C14H18N2O5/c1-9-3-5-10(6-4-9)15-12(17)13(18)16-11(14(19)20)7-8-21-2/h3-6,11H,7-8H2,1-2H3,(H,15,17)(H,16,18)(H,19,20). The van der Waals surface area contributed by atoms with Crippen molar-refractivity contribution in [3.63, 3.8) is 0 Å². The highest BCUT2D eigenvalue weighted by atomic mass is 16.5. The molecule has 7 heteroatoms. The molecule has 114 valence electrons. The fraction of sp³-hybridized carbons (Fsp3) is 0.357. The fourth-order valence-electron chi connectivity index (χ4n) is 1.54. The molecule has 1 rings (SSSR count). The lowest BCUT2D eigenvalue weighted by Crippen LogP contribution is -2.46. The number of aliphatic carboxylic acids is 1. The van der Waals surface area contributed by atoms with Crippen LogP contribution in [0.15, 0.2) is 24.3 Å². The van der Waals surface area contributed by atoms with Gasteiger partial charge >= 0.3 is 17.8 Å². The first-order valence-corrected chi connectivity index (χ1v) is 6.34. The second-order valence-electron chi connectivity index (χ2n) is 4.47. The molecule has 1 aromatic rings. The van der Waals surface area contributed by atoms with Crippen LogP contribution in [0.4, 0.5) is 5.69 Å². The number of carbonyl (C=O) groups is 3. The van der Waals surface area contributed by atoms with Crippen LogP contribution in [0.1, 0.15) is 12.0 Å². The van der Waals surface area contributed by atoms with Crippen LogP contribution in [0.2, 0.25) is 0 Å². The Hall–Kier alpha value is -2.41. The van der Waals surface area contributed by atoms with Gasteiger partial charge in [0.05, 0.1) is 0 Å². The van der Waals surface area contributed by atoms with Gasteiger partial charge in [-0.3, -0.25) is 9.59 Å². The average molecular weight is 294 g/mol. The topological polar surface area (TPSA) is 105 Å². The SMILES string of the molecule is COCCC(NC(=O)C(=O)Nc1ccc(C)cc1)C(=O)O. The first-order chi connectivity index (χ1) is 9.93. The van der Waals surface area contributed by atoms with Crippen LogP contribution in [-0.4, -0.2) is 42.6 Å². The van der Waals surface area contributed by atoms with Gasteiger partial charge < -0.3 is 20.5 Å². The normalized spacial score (nSPS) is 11.5. The van der Waals surface area contributed by atoms with Gasteiger partial charge in [0.15, 0.2) is 0 Å². The van der Waals surface area contributed by atoms with E-state index in [1.165, 1.54) is 7.11 Å². The summed E-state index contributed by atoms with van der Waals surface area (Å²) in [6.45, 7) is 2.06. The molecule has 1 atom stereocenters. The number of carboxylic acid groups (broad SMARTS) is 1. The molecule has 0 aliphatic rings. The maximum atomic E-state index is 11.7. The summed E-state index contributed by atoms with van der Waals surface area (Å²) in [5, 5.41) is 13.5. The lowest BCUT2D eigenvalue weighted by molar-refractivity contribution is -0.144. The summed E-state index contributed by atoms with van der Waals surface area (Å²) in [6, 6.07) is 5.71. The highest BCUT2D eigenvalue weighted by molar-refractivity contribution is 6.40. The van der Waals surface area contributed by atoms with Crippen molar-refractivity contribution < 1.29 is 24.2 Å². The third-order valence-electron chi connectivity index (χ3n) is 2.73. The fourth-order valence-corrected chi connectivity index (χ4v) is 1.54. The van der Waals surface area contributed by atoms with Gasteiger partial charge in [-0.05, 0) is 19.1 Å². The molecule has 0 aliphatic carbocycles. The molecule has 0 aromatic heterocycles. The Morgan fingerprint density at radius 2 is 1.81 bits per heavy atom. The minimum atomic E-state index is -1.22. The van der Waals surface area contributed by atoms with Crippen molar-refractivity contribution in [2.24, 2.45) is 0 Å². The van der Waals surface area contributed by atoms with Gasteiger partial charge in [-0.25, -0.2) is 4.79 Å². The number of amides is 2. The largest absolute Gasteiger partial charge is 0.480 e. The van der Waals surface area contributed by atoms with E-state index in [0.717, 1.165) is 5.56 Å². The summed E-state index contributed by atoms with van der Waals surface area (Å²) in [7, 11) is 1.42. The first-order valence-electron chi connectivity index (χ1n) is 6.34. The van der Waals surface area contributed by atoms with Gasteiger partial charge in [-0.2, -0.15) is 0 Å². The molecule has 0 radical (unpaired) electrons. The number of carbonyl (C=O) groups excluding carboxylic acids is 2. The van der Waals surface area contributed by atoms with Crippen LogP contribution in [0.3, 0.4) is 0 Å². The summed E-state index contributed by atoms with van der Waals surface area (Å²) >= 11 is 0. The van der Waals surface area contributed by atoms with E-state index in [1.807, 2.05) is 6.92 Å². The number of nitrogens with one attached hydrogen (secondary N) is 2. The molecular weight excluding hydrogens is 276 g/mol. The van der Waals surface area contributed by atoms with Crippen LogP contribution in [0.25, 0.3) is 0 Å². The van der Waals surface area contributed by atoms with Crippen molar-refractivity contribution in [3.05, 3.63) is 29.8 Å². The van der Waals surface area contributed by atoms with Crippen molar-refractivity contribution in [2.45, 2.75) is 19.4 Å². The first kappa shape index (κ1) is 16.6. The Morgan fingerprint density at radius 3 is 2.33 bits per heavy atom. The summed E-state index contributed by atoms with van der Waals surface area (Å²) < 4.78 is 4.76. The molecular formula is C14H18N2O5. The summed E-state index contributed by atoms with van der Waals surface area (Å²) in [4.78, 5) is 34.3. The predicted octanol–water partition coefficient (Wildman–Crippen LogP) is 0.539. The van der Waals surface area contributed by atoms with Crippen LogP contribution >= 0.6 is 0 Å². The maximum absolute atomic E-state index is 11.7. The highest BCUT2D eigenvalue weighted by Gasteiger charge is 2.23. The number of hydrogen-bond donors (Lipinski definition) is 3. The maximum Gasteiger partial charge on any atom is 0.326 e. The molecule has 0 spiro atoms. The Balaban J connectivity index is 2.58. The van der Waals surface area contributed by atoms with E-state index in [9.17, 15) is 14.4 Å². The molecule has 7 nitrogen and oxygen atoms in total. The Kier molecular flexibility index (Phi) is 6.35. The zero-order valence-electron chi connectivity index (χ0n) is 11.9. The van der Waals surface area contributed by atoms with E-state index in [2.05, 4.69) is 10.6 Å². The van der Waals surface area contributed by atoms with Gasteiger partial charge in [-0.15, -0.1) is 0 Å². The number of anilines is 1. The minimum Gasteiger partial charge on any atom is -0.480 e. The number of benzene rings is 1. The number of hydrogen-bond acceptors (Lipinski definition) is 4. The molecule has 0 fully saturated rings. The second-order valence-corrected chi connectivity index (χ2v) is 4.47. The van der Waals surface area contributed by atoms with Gasteiger partial charge in [0.1, 0.15) is 6.04 Å². The molecule has 0 aliphatic heterocycles. The molecule has 21 heavy (non-hydrogen) atoms. The Bertz CT molecular complexity index is 513. The number of methoxy groups -OCH3 is 1. The number of rotatable bonds is 6. The molecule has 1 unspecified atom stereocenters. The third-order valence-corrected chi connectivity index (χ3v) is 2.73. The van der Waals surface area contributed by atoms with Crippen LogP contribution in [0, 0.1) is 6.92 Å². The molecule has 3 N–H and O–H groups in total. The van der Waals surface area contributed by atoms with Gasteiger partial charge in [0.2, 0.25) is 0 Å². The van der Waals surface area contributed by atoms with E-state index < -0.39 is 23.8 Å². The third kappa shape index (κ3) is 5.62. The van der Waals surface area contributed by atoms with Crippen LogP contribution < -0.4 is 10.6 Å². The second kappa shape index (κ2) is 8.01. The van der Waals surface area contributed by atoms with Crippen LogP contribution in [0.5, 0.6) is 0 Å². The number of aryl methyl sites for hydroxylation is 1. The van der Waals surface area contributed by atoms with E-state index in [0.29, 0.717) is 5.69 Å². The lowest BCUT2D eigenvalue weighted by Gasteiger charge is -2.13. The summed E-state index contributed by atoms with van der Waals surface area (Å²) in [5.41, 5.74) is 1.48. The van der Waals surface area contributed by atoms with Crippen molar-refractivity contribution in [2.75, 3.05) is 19.0 Å². The van der Waals surface area contributed by atoms with Gasteiger partial charge in [0, 0.05) is 25.8 Å². The Labute approximate surface area is 122 Å². The van der Waals surface area contributed by atoms with E-state index in [1.54, 1.807) is 24.3 Å². The van der Waals surface area contributed by atoms with Gasteiger partial charge in [0.25, 0.3) is 0 Å². The smallest absolute Gasteiger partial charge is 0.326 e.